The fourth-order valence-electron chi connectivity index (χ4n) is 1.80. The molecule has 0 spiro atoms. The number of nitrogens with zero attached hydrogens (tertiary/aromatic N) is 1. The van der Waals surface area contributed by atoms with E-state index in [1.165, 1.54) is 12.1 Å². The van der Waals surface area contributed by atoms with E-state index in [9.17, 15) is 23.3 Å². The summed E-state index contributed by atoms with van der Waals surface area (Å²) in [5.74, 6) is -2.43. The van der Waals surface area contributed by atoms with E-state index in [0.717, 1.165) is 11.6 Å². The van der Waals surface area contributed by atoms with Gasteiger partial charge in [-0.05, 0) is 17.7 Å². The first-order valence-corrected chi connectivity index (χ1v) is 6.05. The molecule has 0 amide bonds. The van der Waals surface area contributed by atoms with Gasteiger partial charge < -0.3 is 5.32 Å². The molecule has 0 aliphatic carbocycles. The summed E-state index contributed by atoms with van der Waals surface area (Å²) in [5.41, 5.74) is -0.00591. The van der Waals surface area contributed by atoms with Crippen LogP contribution in [0.15, 0.2) is 36.4 Å². The summed E-state index contributed by atoms with van der Waals surface area (Å²) in [6.07, 6.45) is 0. The molecule has 0 radical (unpaired) electrons. The van der Waals surface area contributed by atoms with Gasteiger partial charge in [-0.15, -0.1) is 0 Å². The molecule has 2 aromatic rings. The molecule has 0 heterocycles. The van der Waals surface area contributed by atoms with Crippen molar-refractivity contribution in [1.29, 1.82) is 0 Å². The van der Waals surface area contributed by atoms with E-state index in [4.69, 9.17) is 0 Å². The van der Waals surface area contributed by atoms with E-state index in [1.54, 1.807) is 12.1 Å². The van der Waals surface area contributed by atoms with Gasteiger partial charge in [-0.3, -0.25) is 10.1 Å². The zero-order valence-electron chi connectivity index (χ0n) is 10.8. The maximum absolute atomic E-state index is 13.5. The Kier molecular flexibility index (Phi) is 4.54. The summed E-state index contributed by atoms with van der Waals surface area (Å²) in [6, 6.07) is 7.06. The van der Waals surface area contributed by atoms with Crippen LogP contribution in [0, 0.1) is 27.6 Å². The molecule has 0 aliphatic rings. The average molecular weight is 296 g/mol. The molecule has 0 unspecified atom stereocenters. The second-order valence-corrected chi connectivity index (χ2v) is 4.38. The molecule has 0 atom stereocenters. The minimum absolute atomic E-state index is 0.00906. The summed E-state index contributed by atoms with van der Waals surface area (Å²) in [7, 11) is 0. The van der Waals surface area contributed by atoms with Gasteiger partial charge in [0, 0.05) is 30.8 Å². The average Bonchev–Trinajstić information content (AvgIpc) is 2.43. The molecule has 7 heteroatoms. The smallest absolute Gasteiger partial charge is 0.305 e. The molecule has 0 bridgehead atoms. The van der Waals surface area contributed by atoms with Gasteiger partial charge in [0.05, 0.1) is 4.92 Å². The molecular formula is C14H11F3N2O2. The third kappa shape index (κ3) is 3.79. The molecule has 1 N–H and O–H groups in total. The summed E-state index contributed by atoms with van der Waals surface area (Å²) < 4.78 is 39.4. The summed E-state index contributed by atoms with van der Waals surface area (Å²) in [5, 5.41) is 13.5. The van der Waals surface area contributed by atoms with Crippen molar-refractivity contribution in [1.82, 2.24) is 5.32 Å². The molecule has 2 rings (SSSR count). The lowest BCUT2D eigenvalue weighted by Gasteiger charge is -2.07. The number of nitrogens with one attached hydrogen (secondary N) is 1. The Morgan fingerprint density at radius 1 is 1.00 bits per heavy atom. The molecule has 0 saturated carbocycles. The van der Waals surface area contributed by atoms with Crippen LogP contribution in [0.3, 0.4) is 0 Å². The Labute approximate surface area is 118 Å². The van der Waals surface area contributed by atoms with Gasteiger partial charge in [0.1, 0.15) is 11.6 Å². The van der Waals surface area contributed by atoms with Crippen molar-refractivity contribution in [2.75, 3.05) is 0 Å². The van der Waals surface area contributed by atoms with Crippen LogP contribution < -0.4 is 5.32 Å². The molecule has 0 aliphatic heterocycles. The van der Waals surface area contributed by atoms with E-state index in [2.05, 4.69) is 5.32 Å². The van der Waals surface area contributed by atoms with Gasteiger partial charge in [-0.1, -0.05) is 12.1 Å². The highest BCUT2D eigenvalue weighted by Crippen LogP contribution is 2.21. The van der Waals surface area contributed by atoms with Crippen LogP contribution in [0.2, 0.25) is 0 Å². The first kappa shape index (κ1) is 15.0. The Hall–Kier alpha value is -2.41. The molecule has 0 fully saturated rings. The predicted molar refractivity (Wildman–Crippen MR) is 70.0 cm³/mol. The van der Waals surface area contributed by atoms with Gasteiger partial charge in [-0.2, -0.15) is 4.39 Å². The summed E-state index contributed by atoms with van der Waals surface area (Å²) in [4.78, 5) is 9.70. The van der Waals surface area contributed by atoms with Crippen molar-refractivity contribution in [2.24, 2.45) is 0 Å². The van der Waals surface area contributed by atoms with Gasteiger partial charge in [0.25, 0.3) is 0 Å². The van der Waals surface area contributed by atoms with Crippen LogP contribution in [0.1, 0.15) is 11.1 Å². The van der Waals surface area contributed by atoms with Crippen LogP contribution in [0.25, 0.3) is 0 Å². The minimum Gasteiger partial charge on any atom is -0.309 e. The Bertz CT molecular complexity index is 660. The van der Waals surface area contributed by atoms with Gasteiger partial charge >= 0.3 is 5.69 Å². The van der Waals surface area contributed by atoms with Crippen molar-refractivity contribution in [2.45, 2.75) is 13.1 Å². The van der Waals surface area contributed by atoms with Crippen molar-refractivity contribution in [3.8, 4) is 0 Å². The number of benzene rings is 2. The van der Waals surface area contributed by atoms with Crippen molar-refractivity contribution >= 4 is 5.69 Å². The lowest BCUT2D eigenvalue weighted by Crippen LogP contribution is -2.14. The number of nitro groups is 1. The number of nitro benzene ring substituents is 1. The highest BCUT2D eigenvalue weighted by molar-refractivity contribution is 5.37. The number of halogens is 3. The van der Waals surface area contributed by atoms with Crippen LogP contribution in [-0.2, 0) is 13.1 Å². The van der Waals surface area contributed by atoms with E-state index < -0.39 is 22.2 Å². The third-order valence-electron chi connectivity index (χ3n) is 2.87. The molecule has 21 heavy (non-hydrogen) atoms. The predicted octanol–water partition coefficient (Wildman–Crippen LogP) is 3.30. The second kappa shape index (κ2) is 6.36. The lowest BCUT2D eigenvalue weighted by molar-refractivity contribution is -0.387. The molecule has 110 valence electrons. The summed E-state index contributed by atoms with van der Waals surface area (Å²) >= 11 is 0. The molecule has 2 aromatic carbocycles. The van der Waals surface area contributed by atoms with Crippen molar-refractivity contribution in [3.63, 3.8) is 0 Å². The SMILES string of the molecule is O=[N+]([O-])c1cc(CNCc2ccc(F)cc2)c(F)cc1F. The molecular weight excluding hydrogens is 285 g/mol. The quantitative estimate of drug-likeness (QED) is 0.680. The highest BCUT2D eigenvalue weighted by atomic mass is 19.1. The largest absolute Gasteiger partial charge is 0.309 e. The fourth-order valence-corrected chi connectivity index (χ4v) is 1.80. The first-order chi connectivity index (χ1) is 9.97. The zero-order chi connectivity index (χ0) is 15.4. The molecule has 0 aromatic heterocycles. The number of hydrogen-bond acceptors (Lipinski definition) is 3. The molecule has 0 saturated heterocycles. The molecule has 4 nitrogen and oxygen atoms in total. The maximum atomic E-state index is 13.5. The van der Waals surface area contributed by atoms with E-state index in [-0.39, 0.29) is 17.9 Å². The Balaban J connectivity index is 2.04. The number of rotatable bonds is 5. The normalized spacial score (nSPS) is 10.6. The van der Waals surface area contributed by atoms with Gasteiger partial charge in [0.2, 0.25) is 5.82 Å². The van der Waals surface area contributed by atoms with Crippen LogP contribution >= 0.6 is 0 Å². The number of hydrogen-bond donors (Lipinski definition) is 1. The second-order valence-electron chi connectivity index (χ2n) is 4.38. The monoisotopic (exact) mass is 296 g/mol. The van der Waals surface area contributed by atoms with E-state index in [1.807, 2.05) is 0 Å². The standard InChI is InChI=1S/C14H11F3N2O2/c15-11-3-1-9(2-4-11)7-18-8-10-5-14(19(20)21)13(17)6-12(10)16/h1-6,18H,7-8H2. The first-order valence-electron chi connectivity index (χ1n) is 6.05. The highest BCUT2D eigenvalue weighted by Gasteiger charge is 2.18. The van der Waals surface area contributed by atoms with Crippen LogP contribution in [-0.4, -0.2) is 4.92 Å². The minimum atomic E-state index is -1.21. The van der Waals surface area contributed by atoms with Gasteiger partial charge in [-0.25, -0.2) is 8.78 Å². The Morgan fingerprint density at radius 3 is 2.29 bits per heavy atom. The third-order valence-corrected chi connectivity index (χ3v) is 2.87. The van der Waals surface area contributed by atoms with Crippen LogP contribution in [0.4, 0.5) is 18.9 Å². The van der Waals surface area contributed by atoms with E-state index in [0.29, 0.717) is 12.6 Å². The van der Waals surface area contributed by atoms with Crippen LogP contribution in [0.5, 0.6) is 0 Å². The van der Waals surface area contributed by atoms with Crippen molar-refractivity contribution < 1.29 is 18.1 Å². The maximum Gasteiger partial charge on any atom is 0.305 e. The van der Waals surface area contributed by atoms with Crippen molar-refractivity contribution in [3.05, 3.63) is 75.1 Å². The fraction of sp³-hybridized carbons (Fsp3) is 0.143. The zero-order valence-corrected chi connectivity index (χ0v) is 10.8. The summed E-state index contributed by atoms with van der Waals surface area (Å²) in [6.45, 7) is 0.315. The van der Waals surface area contributed by atoms with Gasteiger partial charge in [0.15, 0.2) is 0 Å². The lowest BCUT2D eigenvalue weighted by atomic mass is 10.1. The Morgan fingerprint density at radius 2 is 1.67 bits per heavy atom. The van der Waals surface area contributed by atoms with E-state index >= 15 is 0 Å². The topological polar surface area (TPSA) is 55.2 Å².